The first kappa shape index (κ1) is 39.3. The first-order valence-electron chi connectivity index (χ1n) is 19.1. The third-order valence-electron chi connectivity index (χ3n) is 10.2. The maximum Gasteiger partial charge on any atom is 0.303 e. The van der Waals surface area contributed by atoms with Gasteiger partial charge in [-0.25, -0.2) is 9.97 Å². The number of tetrazole rings is 1. The van der Waals surface area contributed by atoms with Crippen LogP contribution in [0.2, 0.25) is 0 Å². The van der Waals surface area contributed by atoms with Crippen molar-refractivity contribution >= 4 is 57.0 Å². The Morgan fingerprint density at radius 1 is 0.932 bits per heavy atom. The van der Waals surface area contributed by atoms with E-state index in [4.69, 9.17) is 26.9 Å². The van der Waals surface area contributed by atoms with E-state index in [-0.39, 0.29) is 30.6 Å². The lowest BCUT2D eigenvalue weighted by Gasteiger charge is -2.15. The average molecular weight is 826 g/mol. The molecule has 1 atom stereocenters. The van der Waals surface area contributed by atoms with E-state index in [1.807, 2.05) is 84.4 Å². The molecule has 7 aromatic rings. The number of carboxylic acid groups (broad SMARTS) is 1. The van der Waals surface area contributed by atoms with Crippen LogP contribution in [-0.2, 0) is 49.1 Å². The number of benzene rings is 4. The quantitative estimate of drug-likeness (QED) is 0.0680. The van der Waals surface area contributed by atoms with Crippen LogP contribution in [0.4, 0.5) is 4.79 Å². The van der Waals surface area contributed by atoms with Gasteiger partial charge in [-0.05, 0) is 76.2 Å². The third-order valence-corrected chi connectivity index (χ3v) is 11.6. The number of aromatic nitrogens is 8. The van der Waals surface area contributed by atoms with Crippen molar-refractivity contribution in [2.75, 3.05) is 0 Å². The number of rotatable bonds is 16. The molecule has 2 amide bonds. The van der Waals surface area contributed by atoms with Crippen molar-refractivity contribution in [2.45, 2.75) is 57.4 Å². The van der Waals surface area contributed by atoms with Gasteiger partial charge in [-0.1, -0.05) is 91.6 Å². The number of carbonyl (C=O) groups is 3. The second kappa shape index (κ2) is 17.1. The number of carbonyl (C=O) groups excluding carboxylic acids is 2. The van der Waals surface area contributed by atoms with Gasteiger partial charge in [0.2, 0.25) is 11.7 Å². The SMILES string of the molecule is CCCc1nc(C(=S)c2ccc3nc(COc4ccc(CC5SC(=O)NC5=O)cc4)n(C)c3c2)c(CCC(=O)O)n1Cc1ccc(-c2ccccc2)c(-c2nn[nH]n2)c1. The minimum atomic E-state index is -0.907. The average Bonchev–Trinajstić information content (AvgIpc) is 4.03. The van der Waals surface area contributed by atoms with Crippen molar-refractivity contribution in [1.29, 1.82) is 0 Å². The van der Waals surface area contributed by atoms with Crippen LogP contribution in [-0.4, -0.2) is 72.1 Å². The number of hydrogen-bond acceptors (Lipinski definition) is 11. The highest BCUT2D eigenvalue weighted by Crippen LogP contribution is 2.32. The van der Waals surface area contributed by atoms with E-state index in [0.29, 0.717) is 47.3 Å². The molecule has 14 nitrogen and oxygen atoms in total. The van der Waals surface area contributed by atoms with Gasteiger partial charge in [0.05, 0.1) is 27.6 Å². The van der Waals surface area contributed by atoms with Crippen LogP contribution in [0.1, 0.15) is 59.5 Å². The summed E-state index contributed by atoms with van der Waals surface area (Å²) in [6, 6.07) is 29.5. The van der Waals surface area contributed by atoms with Crippen LogP contribution in [0, 0.1) is 0 Å². The summed E-state index contributed by atoms with van der Waals surface area (Å²) in [6.45, 7) is 2.74. The summed E-state index contributed by atoms with van der Waals surface area (Å²) in [6.07, 6.45) is 2.11. The molecule has 0 aliphatic carbocycles. The first-order chi connectivity index (χ1) is 28.6. The Morgan fingerprint density at radius 2 is 1.73 bits per heavy atom. The smallest absolute Gasteiger partial charge is 0.303 e. The second-order valence-electron chi connectivity index (χ2n) is 14.2. The number of aliphatic carboxylic acids is 1. The van der Waals surface area contributed by atoms with E-state index in [9.17, 15) is 19.5 Å². The van der Waals surface area contributed by atoms with Crippen LogP contribution in [0.3, 0.4) is 0 Å². The molecule has 1 saturated heterocycles. The molecule has 298 valence electrons. The van der Waals surface area contributed by atoms with Gasteiger partial charge in [-0.2, -0.15) is 5.21 Å². The highest BCUT2D eigenvalue weighted by atomic mass is 32.2. The Bertz CT molecular complexity index is 2690. The molecule has 0 spiro atoms. The van der Waals surface area contributed by atoms with Crippen LogP contribution in [0.15, 0.2) is 91.0 Å². The fourth-order valence-electron chi connectivity index (χ4n) is 7.26. The molecular formula is C43H39N9O5S2. The molecule has 1 aliphatic rings. The van der Waals surface area contributed by atoms with Gasteiger partial charge in [-0.15, -0.1) is 10.2 Å². The molecule has 0 radical (unpaired) electrons. The fraction of sp³-hybridized carbons (Fsp3) is 0.233. The lowest BCUT2D eigenvalue weighted by molar-refractivity contribution is -0.137. The van der Waals surface area contributed by atoms with E-state index in [1.165, 1.54) is 0 Å². The summed E-state index contributed by atoms with van der Waals surface area (Å²) in [4.78, 5) is 45.9. The number of H-pyrrole nitrogens is 1. The van der Waals surface area contributed by atoms with Gasteiger partial charge in [0.1, 0.15) is 29.7 Å². The number of aryl methyl sites for hydroxylation is 2. The molecule has 16 heteroatoms. The Labute approximate surface area is 348 Å². The fourth-order valence-corrected chi connectivity index (χ4v) is 8.41. The van der Waals surface area contributed by atoms with Gasteiger partial charge in [0.25, 0.3) is 5.24 Å². The molecule has 1 unspecified atom stereocenters. The van der Waals surface area contributed by atoms with Gasteiger partial charge in [0.15, 0.2) is 0 Å². The van der Waals surface area contributed by atoms with E-state index in [1.54, 1.807) is 0 Å². The minimum Gasteiger partial charge on any atom is -0.486 e. The molecule has 4 aromatic carbocycles. The number of aromatic amines is 1. The monoisotopic (exact) mass is 825 g/mol. The standard InChI is InChI=1S/C43H39N9O5S2/c1-3-7-36-45-39(33(18-19-38(53)54)52(36)23-26-12-16-30(27-8-5-4-6-9-27)31(20-26)41-47-49-50-48-41)40(58)28-13-17-32-34(22-28)51(2)37(44-32)24-57-29-14-10-25(11-15-29)21-35-42(55)46-43(56)59-35/h4-6,8-17,20,22,35H,3,7,18-19,21,23-24H2,1-2H3,(H,53,54)(H,46,55,56)(H,47,48,49,50). The number of imide groups is 1. The van der Waals surface area contributed by atoms with Crippen molar-refractivity contribution in [1.82, 2.24) is 45.0 Å². The molecule has 8 rings (SSSR count). The number of imidazole rings is 2. The molecule has 1 fully saturated rings. The van der Waals surface area contributed by atoms with Crippen molar-refractivity contribution in [3.8, 4) is 28.3 Å². The molecule has 3 aromatic heterocycles. The normalized spacial score (nSPS) is 13.9. The summed E-state index contributed by atoms with van der Waals surface area (Å²) in [5.41, 5.74) is 8.44. The molecule has 3 N–H and O–H groups in total. The van der Waals surface area contributed by atoms with E-state index < -0.39 is 11.2 Å². The Hall–Kier alpha value is -6.52. The number of thiocarbonyl (C=S) groups is 1. The lowest BCUT2D eigenvalue weighted by atomic mass is 9.97. The highest BCUT2D eigenvalue weighted by molar-refractivity contribution is 8.15. The Balaban J connectivity index is 1.06. The number of hydrogen-bond donors (Lipinski definition) is 3. The predicted molar refractivity (Wildman–Crippen MR) is 227 cm³/mol. The van der Waals surface area contributed by atoms with Crippen molar-refractivity contribution < 1.29 is 24.2 Å². The summed E-state index contributed by atoms with van der Waals surface area (Å²) in [5, 5.41) is 26.3. The summed E-state index contributed by atoms with van der Waals surface area (Å²) in [5.74, 6) is 1.48. The number of thioether (sulfide) groups is 1. The number of nitrogens with zero attached hydrogens (tertiary/aromatic N) is 7. The van der Waals surface area contributed by atoms with Crippen molar-refractivity contribution in [3.63, 3.8) is 0 Å². The van der Waals surface area contributed by atoms with Gasteiger partial charge >= 0.3 is 5.97 Å². The minimum absolute atomic E-state index is 0.0848. The number of amides is 2. The van der Waals surface area contributed by atoms with E-state index >= 15 is 0 Å². The number of carboxylic acids is 1. The van der Waals surface area contributed by atoms with Gasteiger partial charge < -0.3 is 19.0 Å². The zero-order chi connectivity index (χ0) is 41.0. The van der Waals surface area contributed by atoms with Crippen LogP contribution in [0.25, 0.3) is 33.5 Å². The van der Waals surface area contributed by atoms with E-state index in [2.05, 4.69) is 55.6 Å². The molecule has 0 saturated carbocycles. The second-order valence-corrected chi connectivity index (χ2v) is 15.8. The van der Waals surface area contributed by atoms with Gasteiger partial charge in [-0.3, -0.25) is 19.7 Å². The first-order valence-corrected chi connectivity index (χ1v) is 20.4. The highest BCUT2D eigenvalue weighted by Gasteiger charge is 2.31. The molecule has 59 heavy (non-hydrogen) atoms. The van der Waals surface area contributed by atoms with Crippen LogP contribution < -0.4 is 10.1 Å². The maximum atomic E-state index is 12.0. The number of fused-ring (bicyclic) bond motifs is 1. The summed E-state index contributed by atoms with van der Waals surface area (Å²) < 4.78 is 10.2. The molecule has 4 heterocycles. The van der Waals surface area contributed by atoms with Crippen LogP contribution >= 0.6 is 24.0 Å². The topological polar surface area (TPSA) is 183 Å². The Morgan fingerprint density at radius 3 is 2.44 bits per heavy atom. The van der Waals surface area contributed by atoms with Gasteiger partial charge in [0, 0.05) is 37.7 Å². The zero-order valence-corrected chi connectivity index (χ0v) is 33.8. The summed E-state index contributed by atoms with van der Waals surface area (Å²) in [7, 11) is 1.92. The van der Waals surface area contributed by atoms with E-state index in [0.717, 1.165) is 74.1 Å². The molecule has 1 aliphatic heterocycles. The molecule has 0 bridgehead atoms. The molecular weight excluding hydrogens is 787 g/mol. The van der Waals surface area contributed by atoms with Crippen molar-refractivity contribution in [3.05, 3.63) is 131 Å². The van der Waals surface area contributed by atoms with Crippen LogP contribution in [0.5, 0.6) is 5.75 Å². The number of ether oxygens (including phenoxy) is 1. The zero-order valence-electron chi connectivity index (χ0n) is 32.2. The number of nitrogens with one attached hydrogen (secondary N) is 2. The Kier molecular flexibility index (Phi) is 11.4. The third kappa shape index (κ3) is 8.54. The van der Waals surface area contributed by atoms with Crippen molar-refractivity contribution in [2.24, 2.45) is 7.05 Å². The lowest BCUT2D eigenvalue weighted by Crippen LogP contribution is -2.25. The largest absolute Gasteiger partial charge is 0.486 e. The maximum absolute atomic E-state index is 12.0. The summed E-state index contributed by atoms with van der Waals surface area (Å²) >= 11 is 7.18. The predicted octanol–water partition coefficient (Wildman–Crippen LogP) is 6.87.